The molecule has 2 amide bonds. The van der Waals surface area contributed by atoms with E-state index in [0.29, 0.717) is 30.0 Å². The second-order valence-electron chi connectivity index (χ2n) is 10.8. The van der Waals surface area contributed by atoms with E-state index in [2.05, 4.69) is 47.5 Å². The van der Waals surface area contributed by atoms with Crippen LogP contribution in [0.3, 0.4) is 0 Å². The Morgan fingerprint density at radius 3 is 2.36 bits per heavy atom. The van der Waals surface area contributed by atoms with Crippen molar-refractivity contribution in [1.29, 1.82) is 5.26 Å². The summed E-state index contributed by atoms with van der Waals surface area (Å²) in [5.74, 6) is 0.500. The average Bonchev–Trinajstić information content (AvgIpc) is 3.34. The molecule has 0 spiro atoms. The number of carbonyl (C=O) groups is 2. The quantitative estimate of drug-likeness (QED) is 0.471. The van der Waals surface area contributed by atoms with E-state index in [-0.39, 0.29) is 17.2 Å². The van der Waals surface area contributed by atoms with Crippen molar-refractivity contribution in [2.45, 2.75) is 41.5 Å². The van der Waals surface area contributed by atoms with Crippen molar-refractivity contribution in [3.8, 4) is 17.3 Å². The van der Waals surface area contributed by atoms with Gasteiger partial charge in [0, 0.05) is 55.1 Å². The van der Waals surface area contributed by atoms with Gasteiger partial charge >= 0.3 is 0 Å². The lowest BCUT2D eigenvalue weighted by Gasteiger charge is -2.29. The Morgan fingerprint density at radius 1 is 1.08 bits per heavy atom. The van der Waals surface area contributed by atoms with E-state index in [1.807, 2.05) is 44.2 Å². The van der Waals surface area contributed by atoms with Crippen LogP contribution in [0.5, 0.6) is 0 Å². The Bertz CT molecular complexity index is 1340. The number of nitriles is 1. The highest BCUT2D eigenvalue weighted by atomic mass is 16.5. The lowest BCUT2D eigenvalue weighted by atomic mass is 9.97. The van der Waals surface area contributed by atoms with Crippen molar-refractivity contribution in [3.05, 3.63) is 64.9 Å². The number of anilines is 2. The first kappa shape index (κ1) is 29.4. The number of benzene rings is 2. The van der Waals surface area contributed by atoms with Crippen LogP contribution in [0.25, 0.3) is 11.3 Å². The summed E-state index contributed by atoms with van der Waals surface area (Å²) in [4.78, 5) is 25.5. The number of aromatic nitrogens is 1. The molecule has 9 nitrogen and oxygen atoms in total. The fourth-order valence-electron chi connectivity index (χ4n) is 3.87. The molecule has 1 aliphatic rings. The molecule has 2 heterocycles. The topological polar surface area (TPSA) is 120 Å². The van der Waals surface area contributed by atoms with Crippen LogP contribution in [-0.4, -0.2) is 49.8 Å². The van der Waals surface area contributed by atoms with Gasteiger partial charge in [0.05, 0.1) is 24.8 Å². The van der Waals surface area contributed by atoms with Crippen molar-refractivity contribution in [3.63, 3.8) is 0 Å². The van der Waals surface area contributed by atoms with Gasteiger partial charge in [0.2, 0.25) is 5.91 Å². The van der Waals surface area contributed by atoms with E-state index in [1.165, 1.54) is 6.92 Å². The molecule has 4 rings (SSSR count). The molecule has 0 radical (unpaired) electrons. The summed E-state index contributed by atoms with van der Waals surface area (Å²) in [5.41, 5.74) is 5.24. The van der Waals surface area contributed by atoms with Gasteiger partial charge in [-0.15, -0.1) is 0 Å². The Balaban J connectivity index is 0.000000403. The molecule has 9 heteroatoms. The smallest absolute Gasteiger partial charge is 0.255 e. The van der Waals surface area contributed by atoms with E-state index < -0.39 is 0 Å². The molecule has 0 aliphatic carbocycles. The zero-order valence-electron chi connectivity index (χ0n) is 23.6. The summed E-state index contributed by atoms with van der Waals surface area (Å²) in [7, 11) is 0. The summed E-state index contributed by atoms with van der Waals surface area (Å²) in [6, 6.07) is 14.9. The van der Waals surface area contributed by atoms with Gasteiger partial charge in [-0.25, -0.2) is 0 Å². The first-order valence-corrected chi connectivity index (χ1v) is 12.9. The number of carbonyl (C=O) groups excluding carboxylic acids is 2. The normalized spacial score (nSPS) is 13.1. The van der Waals surface area contributed by atoms with Crippen LogP contribution in [0, 0.1) is 30.6 Å². The monoisotopic (exact) mass is 531 g/mol. The Hall–Kier alpha value is -4.16. The highest BCUT2D eigenvalue weighted by Crippen LogP contribution is 2.27. The van der Waals surface area contributed by atoms with Crippen molar-refractivity contribution in [2.75, 3.05) is 43.1 Å². The van der Waals surface area contributed by atoms with Crippen molar-refractivity contribution < 1.29 is 18.8 Å². The summed E-state index contributed by atoms with van der Waals surface area (Å²) >= 11 is 0. The van der Waals surface area contributed by atoms with Crippen LogP contribution in [0.15, 0.2) is 47.0 Å². The predicted octanol–water partition coefficient (Wildman–Crippen LogP) is 5.09. The number of nitrogens with zero attached hydrogens (tertiary/aromatic N) is 3. The van der Waals surface area contributed by atoms with Gasteiger partial charge < -0.3 is 24.8 Å². The van der Waals surface area contributed by atoms with Gasteiger partial charge in [0.15, 0.2) is 0 Å². The molecule has 2 N–H and O–H groups in total. The number of hydrogen-bond acceptors (Lipinski definition) is 7. The van der Waals surface area contributed by atoms with E-state index in [9.17, 15) is 14.9 Å². The molecule has 0 unspecified atom stereocenters. The number of aryl methyl sites for hydroxylation is 2. The molecule has 39 heavy (non-hydrogen) atoms. The van der Waals surface area contributed by atoms with Crippen molar-refractivity contribution in [1.82, 2.24) is 10.5 Å². The van der Waals surface area contributed by atoms with Crippen LogP contribution < -0.4 is 15.5 Å². The van der Waals surface area contributed by atoms with Crippen LogP contribution >= 0.6 is 0 Å². The van der Waals surface area contributed by atoms with Crippen molar-refractivity contribution >= 4 is 23.2 Å². The number of ether oxygens (including phenoxy) is 1. The van der Waals surface area contributed by atoms with Crippen molar-refractivity contribution in [2.24, 2.45) is 5.41 Å². The van der Waals surface area contributed by atoms with Crippen LogP contribution in [0.1, 0.15) is 54.9 Å². The van der Waals surface area contributed by atoms with Crippen LogP contribution in [-0.2, 0) is 9.53 Å². The molecule has 1 aromatic heterocycles. The molecule has 206 valence electrons. The molecule has 0 saturated carbocycles. The third kappa shape index (κ3) is 8.97. The van der Waals surface area contributed by atoms with Gasteiger partial charge in [-0.3, -0.25) is 9.59 Å². The Kier molecular flexibility index (Phi) is 9.85. The minimum Gasteiger partial charge on any atom is -0.378 e. The standard InChI is InChI=1S/C23H22N4O3.C7H15NO/c1-15-3-4-19(13-21(15)22-9-16(2)30-26-22)25-23(28)18-10-17(14-24)11-20(12-18)27-5-7-29-8-6-27;1-6(9)8-5-7(2,3)4/h3-4,9-13H,5-8H2,1-2H3,(H,25,28);5H2,1-4H3,(H,8,9). The SMILES string of the molecule is CC(=O)NCC(C)(C)C.Cc1cc(-c2cc(NC(=O)c3cc(C#N)cc(N4CCOCC4)c3)ccc2C)no1. The molecule has 1 saturated heterocycles. The highest BCUT2D eigenvalue weighted by Gasteiger charge is 2.16. The molecule has 2 aromatic carbocycles. The number of morpholine rings is 1. The van der Waals surface area contributed by atoms with Gasteiger partial charge in [-0.1, -0.05) is 32.0 Å². The van der Waals surface area contributed by atoms with E-state index in [1.54, 1.807) is 12.1 Å². The summed E-state index contributed by atoms with van der Waals surface area (Å²) in [6.07, 6.45) is 0. The second kappa shape index (κ2) is 13.1. The van der Waals surface area contributed by atoms with Gasteiger partial charge in [-0.2, -0.15) is 5.26 Å². The van der Waals surface area contributed by atoms with E-state index in [4.69, 9.17) is 9.26 Å². The lowest BCUT2D eigenvalue weighted by Crippen LogP contribution is -2.36. The largest absolute Gasteiger partial charge is 0.378 e. The third-order valence-electron chi connectivity index (χ3n) is 5.95. The molecule has 3 aromatic rings. The third-order valence-corrected chi connectivity index (χ3v) is 5.95. The average molecular weight is 532 g/mol. The maximum Gasteiger partial charge on any atom is 0.255 e. The summed E-state index contributed by atoms with van der Waals surface area (Å²) in [5, 5.41) is 19.2. The Morgan fingerprint density at radius 2 is 1.79 bits per heavy atom. The number of amides is 2. The van der Waals surface area contributed by atoms with Gasteiger partial charge in [-0.05, 0) is 55.2 Å². The maximum absolute atomic E-state index is 13.0. The fraction of sp³-hybridized carbons (Fsp3) is 0.400. The van der Waals surface area contributed by atoms with Gasteiger partial charge in [0.1, 0.15) is 11.5 Å². The number of rotatable bonds is 5. The Labute approximate surface area is 230 Å². The van der Waals surface area contributed by atoms with Crippen LogP contribution in [0.4, 0.5) is 11.4 Å². The molecule has 0 atom stereocenters. The van der Waals surface area contributed by atoms with E-state index in [0.717, 1.165) is 47.9 Å². The fourth-order valence-corrected chi connectivity index (χ4v) is 3.87. The first-order chi connectivity index (χ1) is 18.4. The minimum atomic E-state index is -0.271. The molecule has 0 bridgehead atoms. The van der Waals surface area contributed by atoms with E-state index >= 15 is 0 Å². The first-order valence-electron chi connectivity index (χ1n) is 12.9. The maximum atomic E-state index is 13.0. The van der Waals surface area contributed by atoms with Gasteiger partial charge in [0.25, 0.3) is 5.91 Å². The second-order valence-corrected chi connectivity index (χ2v) is 10.8. The zero-order chi connectivity index (χ0) is 28.6. The molecule has 1 aliphatic heterocycles. The lowest BCUT2D eigenvalue weighted by molar-refractivity contribution is -0.119. The number of nitrogens with one attached hydrogen (secondary N) is 2. The minimum absolute atomic E-state index is 0.0462. The number of hydrogen-bond donors (Lipinski definition) is 2. The predicted molar refractivity (Wildman–Crippen MR) is 152 cm³/mol. The summed E-state index contributed by atoms with van der Waals surface area (Å²) < 4.78 is 10.6. The zero-order valence-corrected chi connectivity index (χ0v) is 23.6. The summed E-state index contributed by atoms with van der Waals surface area (Å²) in [6.45, 7) is 15.1. The molecule has 1 fully saturated rings. The van der Waals surface area contributed by atoms with Crippen LogP contribution in [0.2, 0.25) is 0 Å². The molecular weight excluding hydrogens is 494 g/mol. The molecular formula is C30H37N5O4. The highest BCUT2D eigenvalue weighted by molar-refractivity contribution is 6.05.